The molecule has 0 aromatic rings. The molecule has 8 heavy (non-hydrogen) atoms. The van der Waals surface area contributed by atoms with Crippen LogP contribution in [-0.4, -0.2) is 47.7 Å². The van der Waals surface area contributed by atoms with Gasteiger partial charge in [0.05, 0.1) is 6.61 Å². The Morgan fingerprint density at radius 1 is 1.38 bits per heavy atom. The number of ether oxygens (including phenoxy) is 1. The average Bonchev–Trinajstić information content (AvgIpc) is 1.61. The van der Waals surface area contributed by atoms with Gasteiger partial charge >= 0.3 is 0 Å². The minimum absolute atomic E-state index is 0. The van der Waals surface area contributed by atoms with E-state index >= 15 is 0 Å². The molecule has 0 aromatic heterocycles. The van der Waals surface area contributed by atoms with Crippen molar-refractivity contribution < 1.29 is 4.74 Å². The van der Waals surface area contributed by atoms with E-state index in [1.807, 2.05) is 14.1 Å². The highest BCUT2D eigenvalue weighted by Crippen LogP contribution is 1.71. The van der Waals surface area contributed by atoms with Gasteiger partial charge in [-0.25, -0.2) is 0 Å². The third-order valence-corrected chi connectivity index (χ3v) is 0.743. The fourth-order valence-corrected chi connectivity index (χ4v) is 0.274. The van der Waals surface area contributed by atoms with E-state index < -0.39 is 0 Å². The van der Waals surface area contributed by atoms with E-state index in [0.29, 0.717) is 0 Å². The van der Waals surface area contributed by atoms with Crippen LogP contribution in [0.1, 0.15) is 0 Å². The third kappa shape index (κ3) is 9.37. The molecule has 0 spiro atoms. The molecule has 0 rings (SSSR count). The summed E-state index contributed by atoms with van der Waals surface area (Å²) in [5, 5.41) is 0. The standard InChI is InChI=1S/C5H13NO.B/c1-6(2)4-5-7-3;/h4-5H2,1-3H3;. The number of likely N-dealkylation sites (N-methyl/N-ethyl adjacent to an activating group) is 1. The lowest BCUT2D eigenvalue weighted by Crippen LogP contribution is -2.16. The van der Waals surface area contributed by atoms with Gasteiger partial charge < -0.3 is 9.64 Å². The summed E-state index contributed by atoms with van der Waals surface area (Å²) in [6, 6.07) is 0. The zero-order valence-corrected chi connectivity index (χ0v) is 5.85. The van der Waals surface area contributed by atoms with Crippen LogP contribution in [-0.2, 0) is 4.74 Å². The Balaban J connectivity index is 0. The minimum atomic E-state index is 0. The topological polar surface area (TPSA) is 12.5 Å². The number of methoxy groups -OCH3 is 1. The van der Waals surface area contributed by atoms with Crippen molar-refractivity contribution in [3.8, 4) is 0 Å². The second kappa shape index (κ2) is 6.98. The Bertz CT molecular complexity index is 41.4. The van der Waals surface area contributed by atoms with Crippen LogP contribution < -0.4 is 0 Å². The molecule has 0 saturated heterocycles. The van der Waals surface area contributed by atoms with Gasteiger partial charge in [-0.1, -0.05) is 0 Å². The Hall–Kier alpha value is -0.0151. The van der Waals surface area contributed by atoms with Crippen LogP contribution in [0.15, 0.2) is 0 Å². The van der Waals surface area contributed by atoms with Gasteiger partial charge in [0.1, 0.15) is 0 Å². The molecule has 47 valence electrons. The van der Waals surface area contributed by atoms with Gasteiger partial charge in [0.2, 0.25) is 0 Å². The number of nitrogens with zero attached hydrogens (tertiary/aromatic N) is 1. The van der Waals surface area contributed by atoms with Gasteiger partial charge in [-0.05, 0) is 14.1 Å². The third-order valence-electron chi connectivity index (χ3n) is 0.743. The Kier molecular flexibility index (Phi) is 9.50. The van der Waals surface area contributed by atoms with Crippen molar-refractivity contribution in [1.29, 1.82) is 0 Å². The molecule has 0 amide bonds. The van der Waals surface area contributed by atoms with Gasteiger partial charge in [0.15, 0.2) is 0 Å². The van der Waals surface area contributed by atoms with Gasteiger partial charge in [0, 0.05) is 22.1 Å². The van der Waals surface area contributed by atoms with Gasteiger partial charge in [-0.3, -0.25) is 0 Å². The van der Waals surface area contributed by atoms with Gasteiger partial charge in [-0.15, -0.1) is 0 Å². The fraction of sp³-hybridized carbons (Fsp3) is 1.00. The summed E-state index contributed by atoms with van der Waals surface area (Å²) in [4.78, 5) is 2.09. The van der Waals surface area contributed by atoms with E-state index in [1.165, 1.54) is 0 Å². The molecule has 0 saturated carbocycles. The first-order valence-electron chi connectivity index (χ1n) is 2.41. The van der Waals surface area contributed by atoms with E-state index in [0.717, 1.165) is 13.2 Å². The van der Waals surface area contributed by atoms with Crippen molar-refractivity contribution in [2.75, 3.05) is 34.4 Å². The summed E-state index contributed by atoms with van der Waals surface area (Å²) < 4.78 is 4.81. The number of hydrogen-bond acceptors (Lipinski definition) is 2. The number of rotatable bonds is 3. The van der Waals surface area contributed by atoms with Gasteiger partial charge in [-0.2, -0.15) is 0 Å². The fourth-order valence-electron chi connectivity index (χ4n) is 0.274. The molecular weight excluding hydrogens is 101 g/mol. The zero-order chi connectivity index (χ0) is 5.70. The Morgan fingerprint density at radius 2 is 1.88 bits per heavy atom. The molecule has 0 aliphatic heterocycles. The normalized spacial score (nSPS) is 9.00. The van der Waals surface area contributed by atoms with E-state index in [2.05, 4.69) is 4.90 Å². The van der Waals surface area contributed by atoms with Crippen molar-refractivity contribution in [3.05, 3.63) is 0 Å². The molecule has 0 atom stereocenters. The summed E-state index contributed by atoms with van der Waals surface area (Å²) in [7, 11) is 5.77. The SMILES string of the molecule is COCCN(C)C.[B]. The maximum atomic E-state index is 4.81. The largest absolute Gasteiger partial charge is 0.383 e. The van der Waals surface area contributed by atoms with Crippen LogP contribution >= 0.6 is 0 Å². The predicted molar refractivity (Wildman–Crippen MR) is 36.2 cm³/mol. The molecule has 0 bridgehead atoms. The van der Waals surface area contributed by atoms with E-state index in [4.69, 9.17) is 4.74 Å². The lowest BCUT2D eigenvalue weighted by molar-refractivity contribution is 0.172. The van der Waals surface area contributed by atoms with Crippen LogP contribution in [0.3, 0.4) is 0 Å². The molecule has 0 aliphatic carbocycles. The minimum Gasteiger partial charge on any atom is -0.383 e. The van der Waals surface area contributed by atoms with Crippen molar-refractivity contribution >= 4 is 8.41 Å². The highest BCUT2D eigenvalue weighted by molar-refractivity contribution is 5.75. The first-order chi connectivity index (χ1) is 3.27. The Morgan fingerprint density at radius 3 is 2.00 bits per heavy atom. The second-order valence-electron chi connectivity index (χ2n) is 1.80. The molecule has 0 aliphatic rings. The van der Waals surface area contributed by atoms with E-state index in [1.54, 1.807) is 7.11 Å². The number of hydrogen-bond donors (Lipinski definition) is 0. The molecule has 0 unspecified atom stereocenters. The summed E-state index contributed by atoms with van der Waals surface area (Å²) in [5.74, 6) is 0. The lowest BCUT2D eigenvalue weighted by Gasteiger charge is -2.06. The van der Waals surface area contributed by atoms with Crippen LogP contribution in [0.2, 0.25) is 0 Å². The second-order valence-corrected chi connectivity index (χ2v) is 1.80. The summed E-state index contributed by atoms with van der Waals surface area (Å²) >= 11 is 0. The maximum Gasteiger partial charge on any atom is 0.0589 e. The molecule has 0 N–H and O–H groups in total. The van der Waals surface area contributed by atoms with Crippen LogP contribution in [0.25, 0.3) is 0 Å². The molecule has 3 radical (unpaired) electrons. The zero-order valence-electron chi connectivity index (χ0n) is 5.85. The maximum absolute atomic E-state index is 4.81. The highest BCUT2D eigenvalue weighted by Gasteiger charge is 1.83. The monoisotopic (exact) mass is 114 g/mol. The van der Waals surface area contributed by atoms with Gasteiger partial charge in [0.25, 0.3) is 0 Å². The van der Waals surface area contributed by atoms with Crippen LogP contribution in [0, 0.1) is 0 Å². The van der Waals surface area contributed by atoms with Crippen molar-refractivity contribution in [2.24, 2.45) is 0 Å². The summed E-state index contributed by atoms with van der Waals surface area (Å²) in [5.41, 5.74) is 0. The smallest absolute Gasteiger partial charge is 0.0589 e. The quantitative estimate of drug-likeness (QED) is 0.471. The molecule has 0 heterocycles. The summed E-state index contributed by atoms with van der Waals surface area (Å²) in [6.45, 7) is 1.84. The first kappa shape index (κ1) is 10.9. The molecule has 0 aromatic carbocycles. The van der Waals surface area contributed by atoms with Crippen LogP contribution in [0.4, 0.5) is 0 Å². The average molecular weight is 114 g/mol. The predicted octanol–water partition coefficient (Wildman–Crippen LogP) is -0.186. The van der Waals surface area contributed by atoms with E-state index in [-0.39, 0.29) is 8.41 Å². The van der Waals surface area contributed by atoms with E-state index in [9.17, 15) is 0 Å². The van der Waals surface area contributed by atoms with Crippen molar-refractivity contribution in [1.82, 2.24) is 4.90 Å². The molecule has 0 fully saturated rings. The van der Waals surface area contributed by atoms with Crippen molar-refractivity contribution in [2.45, 2.75) is 0 Å². The first-order valence-corrected chi connectivity index (χ1v) is 2.41. The van der Waals surface area contributed by atoms with Crippen LogP contribution in [0.5, 0.6) is 0 Å². The van der Waals surface area contributed by atoms with Crippen molar-refractivity contribution in [3.63, 3.8) is 0 Å². The summed E-state index contributed by atoms with van der Waals surface area (Å²) in [6.07, 6.45) is 0. The lowest BCUT2D eigenvalue weighted by atomic mass is 10.6. The highest BCUT2D eigenvalue weighted by atomic mass is 16.5. The molecular formula is C5H13BNO. The molecule has 2 nitrogen and oxygen atoms in total. The Labute approximate surface area is 53.4 Å². The molecule has 3 heteroatoms.